The van der Waals surface area contributed by atoms with E-state index >= 15 is 0 Å². The molecular formula is C13H21N3. The van der Waals surface area contributed by atoms with Crippen LogP contribution in [0.1, 0.15) is 49.1 Å². The van der Waals surface area contributed by atoms with Gasteiger partial charge >= 0.3 is 0 Å². The monoisotopic (exact) mass is 219 g/mol. The van der Waals surface area contributed by atoms with E-state index in [1.165, 1.54) is 50.0 Å². The smallest absolute Gasteiger partial charge is 0.0700 e. The van der Waals surface area contributed by atoms with Crippen LogP contribution in [0, 0.1) is 5.92 Å². The Morgan fingerprint density at radius 1 is 1.31 bits per heavy atom. The highest BCUT2D eigenvalue weighted by Crippen LogP contribution is 2.32. The Bertz CT molecular complexity index is 363. The number of hydrogen-bond donors (Lipinski definition) is 2. The minimum absolute atomic E-state index is 0.652. The van der Waals surface area contributed by atoms with Gasteiger partial charge in [0, 0.05) is 18.2 Å². The summed E-state index contributed by atoms with van der Waals surface area (Å²) in [6.45, 7) is 4.66. The van der Waals surface area contributed by atoms with E-state index in [0.717, 1.165) is 12.5 Å². The maximum Gasteiger partial charge on any atom is 0.0700 e. The molecule has 3 heteroatoms. The molecule has 2 N–H and O–H groups in total. The molecule has 0 bridgehead atoms. The molecule has 2 heterocycles. The van der Waals surface area contributed by atoms with Gasteiger partial charge in [-0.2, -0.15) is 5.10 Å². The third-order valence-electron chi connectivity index (χ3n) is 4.11. The molecule has 3 rings (SSSR count). The first-order valence-corrected chi connectivity index (χ1v) is 6.61. The molecule has 0 aromatic carbocycles. The molecule has 1 fully saturated rings. The Morgan fingerprint density at radius 2 is 2.25 bits per heavy atom. The Hall–Kier alpha value is -0.830. The third kappa shape index (κ3) is 1.77. The van der Waals surface area contributed by atoms with Crippen molar-refractivity contribution in [1.29, 1.82) is 0 Å². The van der Waals surface area contributed by atoms with E-state index < -0.39 is 0 Å². The van der Waals surface area contributed by atoms with Crippen LogP contribution in [-0.2, 0) is 12.8 Å². The molecule has 1 aromatic rings. The molecule has 1 saturated heterocycles. The number of aryl methyl sites for hydroxylation is 1. The molecule has 2 atom stereocenters. The maximum absolute atomic E-state index is 4.59. The summed E-state index contributed by atoms with van der Waals surface area (Å²) in [7, 11) is 0. The van der Waals surface area contributed by atoms with Crippen LogP contribution < -0.4 is 5.32 Å². The van der Waals surface area contributed by atoms with Crippen LogP contribution in [-0.4, -0.2) is 23.3 Å². The molecule has 0 spiro atoms. The lowest BCUT2D eigenvalue weighted by Gasteiger charge is -2.24. The SMILES string of the molecule is CC1CCc2[nH]nc(C3CCCNC3)c2C1. The largest absolute Gasteiger partial charge is 0.316 e. The molecule has 16 heavy (non-hydrogen) atoms. The Labute approximate surface area is 97.0 Å². The molecule has 0 radical (unpaired) electrons. The van der Waals surface area contributed by atoms with Gasteiger partial charge < -0.3 is 5.32 Å². The highest BCUT2D eigenvalue weighted by Gasteiger charge is 2.26. The summed E-state index contributed by atoms with van der Waals surface area (Å²) in [6, 6.07) is 0. The summed E-state index contributed by atoms with van der Waals surface area (Å²) >= 11 is 0. The highest BCUT2D eigenvalue weighted by molar-refractivity contribution is 5.31. The van der Waals surface area contributed by atoms with Crippen LogP contribution in [0.25, 0.3) is 0 Å². The number of nitrogens with zero attached hydrogens (tertiary/aromatic N) is 1. The molecular weight excluding hydrogens is 198 g/mol. The fourth-order valence-corrected chi connectivity index (χ4v) is 3.12. The van der Waals surface area contributed by atoms with Crippen molar-refractivity contribution in [2.24, 2.45) is 5.92 Å². The highest BCUT2D eigenvalue weighted by atomic mass is 15.1. The van der Waals surface area contributed by atoms with Crippen LogP contribution in [0.5, 0.6) is 0 Å². The van der Waals surface area contributed by atoms with E-state index in [-0.39, 0.29) is 0 Å². The number of aromatic amines is 1. The van der Waals surface area contributed by atoms with Gasteiger partial charge in [-0.05, 0) is 50.1 Å². The Morgan fingerprint density at radius 3 is 3.06 bits per heavy atom. The van der Waals surface area contributed by atoms with E-state index in [0.29, 0.717) is 5.92 Å². The van der Waals surface area contributed by atoms with E-state index in [2.05, 4.69) is 22.4 Å². The molecule has 2 aliphatic rings. The van der Waals surface area contributed by atoms with Gasteiger partial charge in [0.15, 0.2) is 0 Å². The fourth-order valence-electron chi connectivity index (χ4n) is 3.12. The predicted octanol–water partition coefficient (Wildman–Crippen LogP) is 2.00. The van der Waals surface area contributed by atoms with Crippen molar-refractivity contribution in [3.05, 3.63) is 17.0 Å². The summed E-state index contributed by atoms with van der Waals surface area (Å²) < 4.78 is 0. The van der Waals surface area contributed by atoms with Gasteiger partial charge in [0.05, 0.1) is 5.69 Å². The zero-order valence-electron chi connectivity index (χ0n) is 10.1. The van der Waals surface area contributed by atoms with Crippen molar-refractivity contribution in [3.63, 3.8) is 0 Å². The lowest BCUT2D eigenvalue weighted by atomic mass is 9.84. The van der Waals surface area contributed by atoms with Crippen molar-refractivity contribution in [3.8, 4) is 0 Å². The summed E-state index contributed by atoms with van der Waals surface area (Å²) in [6.07, 6.45) is 6.35. The fraction of sp³-hybridized carbons (Fsp3) is 0.769. The van der Waals surface area contributed by atoms with Crippen LogP contribution in [0.2, 0.25) is 0 Å². The van der Waals surface area contributed by atoms with E-state index in [4.69, 9.17) is 0 Å². The molecule has 0 amide bonds. The van der Waals surface area contributed by atoms with E-state index in [1.54, 1.807) is 5.56 Å². The second-order valence-corrected chi connectivity index (χ2v) is 5.46. The first-order chi connectivity index (χ1) is 7.84. The van der Waals surface area contributed by atoms with Gasteiger partial charge in [0.2, 0.25) is 0 Å². The number of aromatic nitrogens is 2. The summed E-state index contributed by atoms with van der Waals surface area (Å²) in [4.78, 5) is 0. The van der Waals surface area contributed by atoms with Crippen molar-refractivity contribution in [2.45, 2.75) is 44.9 Å². The van der Waals surface area contributed by atoms with Gasteiger partial charge in [-0.1, -0.05) is 6.92 Å². The lowest BCUT2D eigenvalue weighted by Crippen LogP contribution is -2.29. The minimum Gasteiger partial charge on any atom is -0.316 e. The van der Waals surface area contributed by atoms with Crippen LogP contribution in [0.4, 0.5) is 0 Å². The molecule has 3 nitrogen and oxygen atoms in total. The zero-order chi connectivity index (χ0) is 11.0. The number of fused-ring (bicyclic) bond motifs is 1. The number of hydrogen-bond acceptors (Lipinski definition) is 2. The first-order valence-electron chi connectivity index (χ1n) is 6.61. The average Bonchev–Trinajstić information content (AvgIpc) is 2.73. The summed E-state index contributed by atoms with van der Waals surface area (Å²) in [5.41, 5.74) is 4.33. The summed E-state index contributed by atoms with van der Waals surface area (Å²) in [5, 5.41) is 11.3. The maximum atomic E-state index is 4.59. The molecule has 1 aliphatic heterocycles. The number of H-pyrrole nitrogens is 1. The number of nitrogens with one attached hydrogen (secondary N) is 2. The standard InChI is InChI=1S/C13H21N3/c1-9-4-5-12-11(7-9)13(16-15-12)10-3-2-6-14-8-10/h9-10,14H,2-8H2,1H3,(H,15,16). The van der Waals surface area contributed by atoms with Gasteiger partial charge in [0.1, 0.15) is 0 Å². The van der Waals surface area contributed by atoms with Crippen molar-refractivity contribution in [2.75, 3.05) is 13.1 Å². The van der Waals surface area contributed by atoms with Crippen LogP contribution in [0.15, 0.2) is 0 Å². The predicted molar refractivity (Wildman–Crippen MR) is 64.6 cm³/mol. The Balaban J connectivity index is 1.86. The van der Waals surface area contributed by atoms with E-state index in [9.17, 15) is 0 Å². The molecule has 1 aromatic heterocycles. The molecule has 1 aliphatic carbocycles. The summed E-state index contributed by atoms with van der Waals surface area (Å²) in [5.74, 6) is 1.49. The molecule has 88 valence electrons. The quantitative estimate of drug-likeness (QED) is 0.758. The topological polar surface area (TPSA) is 40.7 Å². The minimum atomic E-state index is 0.652. The Kier molecular flexibility index (Phi) is 2.72. The van der Waals surface area contributed by atoms with Crippen LogP contribution >= 0.6 is 0 Å². The van der Waals surface area contributed by atoms with Gasteiger partial charge in [0.25, 0.3) is 0 Å². The van der Waals surface area contributed by atoms with Crippen molar-refractivity contribution < 1.29 is 0 Å². The normalized spacial score (nSPS) is 30.1. The second kappa shape index (κ2) is 4.21. The molecule has 0 saturated carbocycles. The van der Waals surface area contributed by atoms with E-state index in [1.807, 2.05) is 0 Å². The van der Waals surface area contributed by atoms with Gasteiger partial charge in [-0.15, -0.1) is 0 Å². The molecule has 2 unspecified atom stereocenters. The van der Waals surface area contributed by atoms with Crippen molar-refractivity contribution in [1.82, 2.24) is 15.5 Å². The van der Waals surface area contributed by atoms with Crippen LogP contribution in [0.3, 0.4) is 0 Å². The van der Waals surface area contributed by atoms with Gasteiger partial charge in [-0.25, -0.2) is 0 Å². The third-order valence-corrected chi connectivity index (χ3v) is 4.11. The zero-order valence-corrected chi connectivity index (χ0v) is 10.1. The van der Waals surface area contributed by atoms with Crippen molar-refractivity contribution >= 4 is 0 Å². The second-order valence-electron chi connectivity index (χ2n) is 5.46. The van der Waals surface area contributed by atoms with Gasteiger partial charge in [-0.3, -0.25) is 5.10 Å². The number of piperidine rings is 1. The lowest BCUT2D eigenvalue weighted by molar-refractivity contribution is 0.445. The average molecular weight is 219 g/mol. The number of rotatable bonds is 1. The first kappa shape index (κ1) is 10.3.